The van der Waals surface area contributed by atoms with E-state index in [0.717, 1.165) is 74.3 Å². The standard InChI is InChI=1S/C32H45FN6O3.ClH/c1-23(2)38-31(40)27-20-28(33)30(37-18-8-17-36-15-6-5-14-35-16-7-13-34)21-29(27)39-32(41)42-22-24-11-12-25-9-3-4-10-26(25)19-24;/h3-4,9-12,19-21,23,35-37H,5-8,13-18,22,34H2,1-2H3,(H,38,40)(H,39,41);1H. The second-order valence-corrected chi connectivity index (χ2v) is 10.5. The second kappa shape index (κ2) is 19.7. The number of amides is 2. The molecule has 9 nitrogen and oxygen atoms in total. The van der Waals surface area contributed by atoms with E-state index >= 15 is 0 Å². The van der Waals surface area contributed by atoms with Crippen molar-refractivity contribution in [2.75, 3.05) is 49.9 Å². The van der Waals surface area contributed by atoms with Gasteiger partial charge in [0, 0.05) is 12.6 Å². The summed E-state index contributed by atoms with van der Waals surface area (Å²) < 4.78 is 20.4. The third-order valence-corrected chi connectivity index (χ3v) is 6.55. The van der Waals surface area contributed by atoms with Crippen LogP contribution in [-0.2, 0) is 11.3 Å². The molecular formula is C32H46ClFN6O3. The summed E-state index contributed by atoms with van der Waals surface area (Å²) in [6.45, 7) is 8.55. The average molecular weight is 617 g/mol. The maximum atomic E-state index is 15.0. The van der Waals surface area contributed by atoms with Crippen LogP contribution >= 0.6 is 12.4 Å². The number of ether oxygens (including phenoxy) is 1. The predicted octanol–water partition coefficient (Wildman–Crippen LogP) is 5.40. The van der Waals surface area contributed by atoms with E-state index in [9.17, 15) is 14.0 Å². The number of benzene rings is 3. The SMILES string of the molecule is CC(C)NC(=O)c1cc(F)c(NCCCNCCCCNCCCN)cc1NC(=O)OCc1ccc2ccccc2c1.Cl. The summed E-state index contributed by atoms with van der Waals surface area (Å²) in [7, 11) is 0. The first kappa shape index (κ1) is 35.8. The molecule has 236 valence electrons. The van der Waals surface area contributed by atoms with Crippen LogP contribution in [0.4, 0.5) is 20.6 Å². The largest absolute Gasteiger partial charge is 0.444 e. The number of hydrogen-bond donors (Lipinski definition) is 6. The Labute approximate surface area is 260 Å². The van der Waals surface area contributed by atoms with Gasteiger partial charge < -0.3 is 31.7 Å². The molecule has 0 unspecified atom stereocenters. The van der Waals surface area contributed by atoms with Crippen molar-refractivity contribution >= 4 is 46.6 Å². The highest BCUT2D eigenvalue weighted by Gasteiger charge is 2.19. The number of halogens is 2. The lowest BCUT2D eigenvalue weighted by Crippen LogP contribution is -2.31. The second-order valence-electron chi connectivity index (χ2n) is 10.5. The topological polar surface area (TPSA) is 130 Å². The molecule has 0 bridgehead atoms. The van der Waals surface area contributed by atoms with E-state index in [4.69, 9.17) is 10.5 Å². The van der Waals surface area contributed by atoms with Crippen molar-refractivity contribution in [3.05, 3.63) is 71.5 Å². The van der Waals surface area contributed by atoms with Gasteiger partial charge in [-0.25, -0.2) is 9.18 Å². The van der Waals surface area contributed by atoms with Gasteiger partial charge in [-0.05, 0) is 107 Å². The van der Waals surface area contributed by atoms with Gasteiger partial charge in [-0.3, -0.25) is 10.1 Å². The summed E-state index contributed by atoms with van der Waals surface area (Å²) in [6.07, 6.45) is 3.20. The summed E-state index contributed by atoms with van der Waals surface area (Å²) >= 11 is 0. The molecule has 0 fully saturated rings. The minimum Gasteiger partial charge on any atom is -0.444 e. The highest BCUT2D eigenvalue weighted by atomic mass is 35.5. The monoisotopic (exact) mass is 616 g/mol. The number of nitrogens with one attached hydrogen (secondary N) is 5. The van der Waals surface area contributed by atoms with Crippen molar-refractivity contribution in [3.8, 4) is 0 Å². The van der Waals surface area contributed by atoms with Gasteiger partial charge in [0.1, 0.15) is 12.4 Å². The van der Waals surface area contributed by atoms with Crippen LogP contribution in [0.5, 0.6) is 0 Å². The van der Waals surface area contributed by atoms with Crippen molar-refractivity contribution < 1.29 is 18.7 Å². The van der Waals surface area contributed by atoms with Crippen molar-refractivity contribution in [2.45, 2.75) is 52.2 Å². The summed E-state index contributed by atoms with van der Waals surface area (Å²) in [5, 5.41) is 17.4. The van der Waals surface area contributed by atoms with E-state index in [1.54, 1.807) is 0 Å². The molecule has 3 aromatic carbocycles. The fourth-order valence-electron chi connectivity index (χ4n) is 4.38. The maximum absolute atomic E-state index is 15.0. The molecule has 0 spiro atoms. The van der Waals surface area contributed by atoms with E-state index in [1.807, 2.05) is 56.3 Å². The van der Waals surface area contributed by atoms with E-state index in [-0.39, 0.29) is 42.0 Å². The van der Waals surface area contributed by atoms with Crippen molar-refractivity contribution in [1.29, 1.82) is 0 Å². The molecule has 0 saturated heterocycles. The fourth-order valence-corrected chi connectivity index (χ4v) is 4.38. The molecule has 0 aliphatic carbocycles. The fraction of sp³-hybridized carbons (Fsp3) is 0.438. The Morgan fingerprint density at radius 3 is 2.21 bits per heavy atom. The van der Waals surface area contributed by atoms with E-state index < -0.39 is 17.8 Å². The molecule has 2 amide bonds. The first-order valence-corrected chi connectivity index (χ1v) is 14.8. The molecular weight excluding hydrogens is 571 g/mol. The Morgan fingerprint density at radius 1 is 0.837 bits per heavy atom. The molecule has 3 aromatic rings. The first-order chi connectivity index (χ1) is 20.4. The Balaban J connectivity index is 0.00000645. The number of anilines is 2. The molecule has 0 aliphatic heterocycles. The zero-order valence-corrected chi connectivity index (χ0v) is 26.0. The van der Waals surface area contributed by atoms with Crippen LogP contribution in [-0.4, -0.2) is 57.3 Å². The van der Waals surface area contributed by atoms with Crippen molar-refractivity contribution in [1.82, 2.24) is 16.0 Å². The highest BCUT2D eigenvalue weighted by Crippen LogP contribution is 2.26. The van der Waals surface area contributed by atoms with Gasteiger partial charge in [0.2, 0.25) is 0 Å². The average Bonchev–Trinajstić information content (AvgIpc) is 2.97. The van der Waals surface area contributed by atoms with Gasteiger partial charge in [0.05, 0.1) is 16.9 Å². The van der Waals surface area contributed by atoms with Crippen molar-refractivity contribution in [3.63, 3.8) is 0 Å². The van der Waals surface area contributed by atoms with Crippen LogP contribution < -0.4 is 32.3 Å². The number of rotatable bonds is 18. The molecule has 43 heavy (non-hydrogen) atoms. The molecule has 11 heteroatoms. The summed E-state index contributed by atoms with van der Waals surface area (Å²) in [4.78, 5) is 25.5. The third kappa shape index (κ3) is 12.8. The summed E-state index contributed by atoms with van der Waals surface area (Å²) in [6, 6.07) is 16.2. The number of nitrogens with two attached hydrogens (primary N) is 1. The number of hydrogen-bond acceptors (Lipinski definition) is 7. The molecule has 3 rings (SSSR count). The lowest BCUT2D eigenvalue weighted by Gasteiger charge is -2.16. The van der Waals surface area contributed by atoms with E-state index in [1.165, 1.54) is 6.07 Å². The summed E-state index contributed by atoms with van der Waals surface area (Å²) in [5.74, 6) is -1.06. The Morgan fingerprint density at radius 2 is 1.51 bits per heavy atom. The highest BCUT2D eigenvalue weighted by molar-refractivity contribution is 6.03. The third-order valence-electron chi connectivity index (χ3n) is 6.55. The maximum Gasteiger partial charge on any atom is 0.411 e. The minimum absolute atomic E-state index is 0. The molecule has 0 radical (unpaired) electrons. The van der Waals surface area contributed by atoms with Crippen molar-refractivity contribution in [2.24, 2.45) is 5.73 Å². The first-order valence-electron chi connectivity index (χ1n) is 14.8. The minimum atomic E-state index is -0.738. The van der Waals surface area contributed by atoms with Crippen LogP contribution in [0.2, 0.25) is 0 Å². The molecule has 7 N–H and O–H groups in total. The zero-order valence-electron chi connectivity index (χ0n) is 25.1. The van der Waals surface area contributed by atoms with Gasteiger partial charge in [-0.1, -0.05) is 36.4 Å². The Kier molecular flexibility index (Phi) is 16.4. The summed E-state index contributed by atoms with van der Waals surface area (Å²) in [5.41, 5.74) is 6.70. The smallest absolute Gasteiger partial charge is 0.411 e. The molecule has 0 heterocycles. The number of carbonyl (C=O) groups excluding carboxylic acids is 2. The van der Waals surface area contributed by atoms with Gasteiger partial charge in [-0.2, -0.15) is 0 Å². The number of unbranched alkanes of at least 4 members (excludes halogenated alkanes) is 1. The quantitative estimate of drug-likeness (QED) is 0.106. The lowest BCUT2D eigenvalue weighted by atomic mass is 10.1. The Hall–Kier alpha value is -3.44. The Bertz CT molecular complexity index is 1290. The van der Waals surface area contributed by atoms with E-state index in [2.05, 4.69) is 26.6 Å². The van der Waals surface area contributed by atoms with Crippen LogP contribution in [0.3, 0.4) is 0 Å². The normalized spacial score (nSPS) is 10.8. The van der Waals surface area contributed by atoms with Gasteiger partial charge in [0.15, 0.2) is 0 Å². The molecule has 0 aliphatic rings. The van der Waals surface area contributed by atoms with Crippen LogP contribution in [0.15, 0.2) is 54.6 Å². The molecule has 0 saturated carbocycles. The predicted molar refractivity (Wildman–Crippen MR) is 176 cm³/mol. The van der Waals surface area contributed by atoms with Gasteiger partial charge >= 0.3 is 6.09 Å². The molecule has 0 aromatic heterocycles. The van der Waals surface area contributed by atoms with Crippen LogP contribution in [0.25, 0.3) is 10.8 Å². The van der Waals surface area contributed by atoms with E-state index in [0.29, 0.717) is 13.1 Å². The lowest BCUT2D eigenvalue weighted by molar-refractivity contribution is 0.0943. The van der Waals surface area contributed by atoms with Gasteiger partial charge in [-0.15, -0.1) is 12.4 Å². The number of carbonyl (C=O) groups is 2. The van der Waals surface area contributed by atoms with Gasteiger partial charge in [0.25, 0.3) is 5.91 Å². The van der Waals surface area contributed by atoms with Crippen LogP contribution in [0, 0.1) is 5.82 Å². The zero-order chi connectivity index (χ0) is 30.2. The number of fused-ring (bicyclic) bond motifs is 1. The molecule has 0 atom stereocenters. The van der Waals surface area contributed by atoms with Crippen LogP contribution in [0.1, 0.15) is 55.5 Å².